The topological polar surface area (TPSA) is 215 Å². The fourth-order valence-corrected chi connectivity index (χ4v) is 7.02. The largest absolute Gasteiger partial charge is 0.480 e. The zero-order chi connectivity index (χ0) is 30.7. The van der Waals surface area contributed by atoms with Gasteiger partial charge in [-0.05, 0) is 43.5 Å². The van der Waals surface area contributed by atoms with Crippen molar-refractivity contribution in [3.05, 3.63) is 54.5 Å². The molecule has 0 aliphatic carbocycles. The van der Waals surface area contributed by atoms with Crippen LogP contribution in [0.3, 0.4) is 0 Å². The van der Waals surface area contributed by atoms with Gasteiger partial charge in [-0.3, -0.25) is 9.32 Å². The highest BCUT2D eigenvalue weighted by Crippen LogP contribution is 2.49. The summed E-state index contributed by atoms with van der Waals surface area (Å²) in [6.45, 7) is 4.53. The quantitative estimate of drug-likeness (QED) is 0.178. The van der Waals surface area contributed by atoms with Crippen molar-refractivity contribution in [2.24, 2.45) is 5.92 Å². The number of benzene rings is 1. The number of anilines is 1. The number of ether oxygens (including phenoxy) is 1. The zero-order valence-electron chi connectivity index (χ0n) is 23.5. The fraction of sp³-hybridized carbons (Fsp3) is 0.481. The van der Waals surface area contributed by atoms with E-state index in [4.69, 9.17) is 19.5 Å². The van der Waals surface area contributed by atoms with E-state index in [2.05, 4.69) is 15.2 Å². The normalized spacial score (nSPS) is 25.8. The van der Waals surface area contributed by atoms with Crippen LogP contribution in [0.15, 0.2) is 48.8 Å². The third-order valence-corrected chi connectivity index (χ3v) is 9.30. The number of nitrogens with two attached hydrogens (primary N) is 1. The Morgan fingerprint density at radius 2 is 2.02 bits per heavy atom. The van der Waals surface area contributed by atoms with E-state index in [1.807, 2.05) is 19.9 Å². The number of carboxylic acid groups (broad SMARTS) is 1. The minimum absolute atomic E-state index is 0.0776. The van der Waals surface area contributed by atoms with Crippen LogP contribution in [0.25, 0.3) is 5.52 Å². The molecule has 42 heavy (non-hydrogen) atoms. The lowest BCUT2D eigenvalue weighted by Gasteiger charge is -2.36. The lowest BCUT2D eigenvalue weighted by Crippen LogP contribution is -2.54. The van der Waals surface area contributed by atoms with Crippen molar-refractivity contribution in [1.29, 1.82) is 5.26 Å². The molecule has 1 aliphatic heterocycles. The van der Waals surface area contributed by atoms with Gasteiger partial charge in [0.25, 0.3) is 0 Å². The van der Waals surface area contributed by atoms with Crippen molar-refractivity contribution in [3.63, 3.8) is 0 Å². The Balaban J connectivity index is 1.65. The molecule has 1 aliphatic rings. The van der Waals surface area contributed by atoms with Crippen LogP contribution in [0.4, 0.5) is 5.82 Å². The number of para-hydroxylation sites is 1. The minimum atomic E-state index is -4.49. The standard InChI is InChI=1S/C27H35N6O8P/c1-4-9-17(5-2)26(3,25(36)37)32-42(38,41-18-10-7-6-8-11-18)39-14-20-22(34)23(35)27(15-28,40-20)21-13-12-19-24(29)30-16-31-33(19)21/h6-8,10-13,16-17,20,22-23,34-35H,4-5,9,14H2,1-3H3,(H,32,38)(H,36,37)(H2,29,30,31)/t17?,20-,22-,23-,26+,27+,42?/m1/s1. The van der Waals surface area contributed by atoms with Gasteiger partial charge in [-0.15, -0.1) is 0 Å². The summed E-state index contributed by atoms with van der Waals surface area (Å²) in [4.78, 5) is 16.4. The predicted octanol–water partition coefficient (Wildman–Crippen LogP) is 2.61. The number of nitrogens with one attached hydrogen (secondary N) is 1. The van der Waals surface area contributed by atoms with Crippen LogP contribution in [0.5, 0.6) is 5.75 Å². The number of carbonyl (C=O) groups is 1. The molecule has 0 radical (unpaired) electrons. The Kier molecular flexibility index (Phi) is 9.22. The number of carboxylic acids is 1. The second-order valence-electron chi connectivity index (χ2n) is 10.3. The van der Waals surface area contributed by atoms with Gasteiger partial charge in [0.15, 0.2) is 5.82 Å². The van der Waals surface area contributed by atoms with E-state index in [1.54, 1.807) is 18.2 Å². The van der Waals surface area contributed by atoms with Gasteiger partial charge in [-0.1, -0.05) is 44.9 Å². The highest BCUT2D eigenvalue weighted by atomic mass is 31.2. The Labute approximate surface area is 242 Å². The molecule has 1 fully saturated rings. The molecule has 226 valence electrons. The highest BCUT2D eigenvalue weighted by Gasteiger charge is 2.58. The molecule has 0 amide bonds. The van der Waals surface area contributed by atoms with Gasteiger partial charge < -0.3 is 30.3 Å². The van der Waals surface area contributed by atoms with Crippen LogP contribution >= 0.6 is 7.75 Å². The summed E-state index contributed by atoms with van der Waals surface area (Å²) < 4.78 is 32.9. The minimum Gasteiger partial charge on any atom is -0.480 e. The van der Waals surface area contributed by atoms with E-state index in [-0.39, 0.29) is 17.3 Å². The van der Waals surface area contributed by atoms with E-state index < -0.39 is 55.7 Å². The first-order valence-corrected chi connectivity index (χ1v) is 15.0. The molecule has 2 unspecified atom stereocenters. The molecule has 3 aromatic rings. The zero-order valence-corrected chi connectivity index (χ0v) is 24.3. The molecule has 7 atom stereocenters. The second-order valence-corrected chi connectivity index (χ2v) is 12.0. The number of hydrogen-bond donors (Lipinski definition) is 5. The summed E-state index contributed by atoms with van der Waals surface area (Å²) in [5, 5.41) is 49.1. The maximum absolute atomic E-state index is 14.2. The SMILES string of the molecule is CCCC(CC)[C@](C)(NP(=O)(OC[C@H]1O[C@@](C#N)(c2ccc3c(N)ncnn23)[C@H](O)[C@@H]1O)Oc1ccccc1)C(=O)O. The van der Waals surface area contributed by atoms with Crippen LogP contribution in [-0.4, -0.2) is 66.3 Å². The van der Waals surface area contributed by atoms with Crippen LogP contribution in [-0.2, 0) is 24.2 Å². The van der Waals surface area contributed by atoms with Crippen molar-refractivity contribution >= 4 is 25.1 Å². The molecule has 15 heteroatoms. The lowest BCUT2D eigenvalue weighted by atomic mass is 9.81. The lowest BCUT2D eigenvalue weighted by molar-refractivity contribution is -0.146. The van der Waals surface area contributed by atoms with Crippen molar-refractivity contribution in [1.82, 2.24) is 19.7 Å². The number of nitrogen functional groups attached to an aromatic ring is 1. The van der Waals surface area contributed by atoms with Crippen LogP contribution in [0, 0.1) is 17.2 Å². The predicted molar refractivity (Wildman–Crippen MR) is 150 cm³/mol. The summed E-state index contributed by atoms with van der Waals surface area (Å²) in [7, 11) is -4.49. The molecule has 2 aromatic heterocycles. The van der Waals surface area contributed by atoms with Crippen LogP contribution in [0.1, 0.15) is 45.7 Å². The summed E-state index contributed by atoms with van der Waals surface area (Å²) >= 11 is 0. The highest BCUT2D eigenvalue weighted by molar-refractivity contribution is 7.52. The van der Waals surface area contributed by atoms with Gasteiger partial charge in [0.2, 0.25) is 5.60 Å². The molecular weight excluding hydrogens is 567 g/mol. The number of aliphatic carboxylic acids is 1. The number of nitriles is 1. The first-order chi connectivity index (χ1) is 19.9. The van der Waals surface area contributed by atoms with Crippen LogP contribution in [0.2, 0.25) is 0 Å². The van der Waals surface area contributed by atoms with Crippen molar-refractivity contribution in [2.75, 3.05) is 12.3 Å². The van der Waals surface area contributed by atoms with Crippen molar-refractivity contribution in [3.8, 4) is 11.8 Å². The number of aromatic nitrogens is 3. The molecule has 1 aromatic carbocycles. The third-order valence-electron chi connectivity index (χ3n) is 7.62. The molecule has 0 saturated carbocycles. The molecule has 1 saturated heterocycles. The molecule has 0 spiro atoms. The number of hydrogen-bond acceptors (Lipinski definition) is 11. The molecule has 14 nitrogen and oxygen atoms in total. The number of rotatable bonds is 13. The monoisotopic (exact) mass is 602 g/mol. The first kappa shape index (κ1) is 31.4. The maximum Gasteiger partial charge on any atom is 0.459 e. The van der Waals surface area contributed by atoms with Crippen molar-refractivity contribution in [2.45, 2.75) is 69.5 Å². The average molecular weight is 603 g/mol. The molecular formula is C27H35N6O8P. The average Bonchev–Trinajstić information content (AvgIpc) is 3.51. The molecule has 4 rings (SSSR count). The third kappa shape index (κ3) is 5.72. The fourth-order valence-electron chi connectivity index (χ4n) is 5.27. The van der Waals surface area contributed by atoms with Gasteiger partial charge in [-0.25, -0.2) is 14.1 Å². The van der Waals surface area contributed by atoms with Crippen molar-refractivity contribution < 1.29 is 38.5 Å². The number of fused-ring (bicyclic) bond motifs is 1. The van der Waals surface area contributed by atoms with Gasteiger partial charge in [0.05, 0.1) is 12.3 Å². The smallest absolute Gasteiger partial charge is 0.459 e. The summed E-state index contributed by atoms with van der Waals surface area (Å²) in [6, 6.07) is 13.0. The maximum atomic E-state index is 14.2. The Morgan fingerprint density at radius 1 is 1.31 bits per heavy atom. The molecule has 3 heterocycles. The van der Waals surface area contributed by atoms with Gasteiger partial charge in [0, 0.05) is 0 Å². The van der Waals surface area contributed by atoms with E-state index in [9.17, 15) is 29.9 Å². The Morgan fingerprint density at radius 3 is 2.64 bits per heavy atom. The number of nitrogens with zero attached hydrogens (tertiary/aromatic N) is 4. The number of aliphatic hydroxyl groups is 2. The summed E-state index contributed by atoms with van der Waals surface area (Å²) in [6.07, 6.45) is -1.98. The molecule has 0 bridgehead atoms. The summed E-state index contributed by atoms with van der Waals surface area (Å²) in [5.74, 6) is -1.42. The van der Waals surface area contributed by atoms with Gasteiger partial charge in [0.1, 0.15) is 47.5 Å². The van der Waals surface area contributed by atoms with E-state index in [1.165, 1.54) is 42.0 Å². The van der Waals surface area contributed by atoms with E-state index in [0.29, 0.717) is 24.8 Å². The molecule has 6 N–H and O–H groups in total. The Bertz CT molecular complexity index is 1500. The Hall–Kier alpha value is -3.57. The number of aliphatic hydroxyl groups excluding tert-OH is 2. The van der Waals surface area contributed by atoms with E-state index >= 15 is 0 Å². The van der Waals surface area contributed by atoms with E-state index in [0.717, 1.165) is 0 Å². The van der Waals surface area contributed by atoms with Crippen LogP contribution < -0.4 is 15.3 Å². The first-order valence-electron chi connectivity index (χ1n) is 13.5. The van der Waals surface area contributed by atoms with Gasteiger partial charge >= 0.3 is 13.7 Å². The van der Waals surface area contributed by atoms with Gasteiger partial charge in [-0.2, -0.15) is 15.4 Å². The second kappa shape index (κ2) is 12.3. The summed E-state index contributed by atoms with van der Waals surface area (Å²) in [5.41, 5.74) is 2.50.